The fraction of sp³-hybridized carbons (Fsp3) is 0.625. The largest absolute Gasteiger partial charge is 0.274 e. The smallest absolute Gasteiger partial charge is 0.239 e. The van der Waals surface area contributed by atoms with Gasteiger partial charge in [0.1, 0.15) is 0 Å². The number of hydrogen-bond acceptors (Lipinski definition) is 3. The Balaban J connectivity index is 2.47. The van der Waals surface area contributed by atoms with Crippen LogP contribution in [0.15, 0.2) is 12.2 Å². The van der Waals surface area contributed by atoms with E-state index in [1.807, 2.05) is 12.2 Å². The number of rotatable bonds is 0. The summed E-state index contributed by atoms with van der Waals surface area (Å²) in [5, 5.41) is 0. The summed E-state index contributed by atoms with van der Waals surface area (Å²) in [6, 6.07) is 0. The van der Waals surface area contributed by atoms with Crippen LogP contribution < -0.4 is 0 Å². The maximum Gasteiger partial charge on any atom is 0.239 e. The van der Waals surface area contributed by atoms with Crippen LogP contribution in [0.3, 0.4) is 0 Å². The van der Waals surface area contributed by atoms with Gasteiger partial charge in [-0.25, -0.2) is 12.7 Å². The first-order chi connectivity index (χ1) is 5.96. The summed E-state index contributed by atoms with van der Waals surface area (Å²) in [7, 11) is -3.35. The molecule has 2 aliphatic heterocycles. The van der Waals surface area contributed by atoms with Gasteiger partial charge in [0.25, 0.3) is 0 Å². The van der Waals surface area contributed by atoms with E-state index >= 15 is 0 Å². The lowest BCUT2D eigenvalue weighted by atomic mass is 9.89. The number of amides is 1. The molecule has 0 radical (unpaired) electrons. The molecule has 0 saturated carbocycles. The predicted octanol–water partition coefficient (Wildman–Crippen LogP) is 0.267. The average Bonchev–Trinajstić information content (AvgIpc) is 2.03. The van der Waals surface area contributed by atoms with Crippen molar-refractivity contribution in [2.75, 3.05) is 5.75 Å². The number of sulfonamides is 1. The molecule has 5 heteroatoms. The molecule has 13 heavy (non-hydrogen) atoms. The van der Waals surface area contributed by atoms with Crippen molar-refractivity contribution in [2.45, 2.75) is 25.3 Å². The predicted molar refractivity (Wildman–Crippen MR) is 47.4 cm³/mol. The molecule has 0 aromatic rings. The summed E-state index contributed by atoms with van der Waals surface area (Å²) in [6.45, 7) is 1.77. The van der Waals surface area contributed by atoms with E-state index in [2.05, 4.69) is 0 Å². The zero-order valence-corrected chi connectivity index (χ0v) is 8.17. The van der Waals surface area contributed by atoms with E-state index in [0.717, 1.165) is 4.31 Å². The minimum absolute atomic E-state index is 0.0465. The Morgan fingerprint density at radius 1 is 1.54 bits per heavy atom. The van der Waals surface area contributed by atoms with Crippen LogP contribution in [0.4, 0.5) is 0 Å². The Hall–Kier alpha value is -0.840. The molecule has 0 aromatic heterocycles. The lowest BCUT2D eigenvalue weighted by Gasteiger charge is -2.45. The van der Waals surface area contributed by atoms with E-state index in [9.17, 15) is 13.2 Å². The van der Waals surface area contributed by atoms with Gasteiger partial charge in [-0.1, -0.05) is 12.2 Å². The van der Waals surface area contributed by atoms with Crippen molar-refractivity contribution < 1.29 is 13.2 Å². The van der Waals surface area contributed by atoms with Gasteiger partial charge < -0.3 is 0 Å². The minimum atomic E-state index is -3.35. The van der Waals surface area contributed by atoms with Gasteiger partial charge in [0.2, 0.25) is 15.9 Å². The highest BCUT2D eigenvalue weighted by Gasteiger charge is 2.52. The van der Waals surface area contributed by atoms with Crippen LogP contribution in [0.25, 0.3) is 0 Å². The van der Waals surface area contributed by atoms with Gasteiger partial charge in [-0.3, -0.25) is 4.79 Å². The molecule has 1 amide bonds. The molecule has 0 N–H and O–H groups in total. The molecule has 0 bridgehead atoms. The SMILES string of the molecule is CC12C=CCCS(=O)(=O)N1C(=O)C2. The molecule has 1 unspecified atom stereocenters. The van der Waals surface area contributed by atoms with Crippen molar-refractivity contribution in [1.82, 2.24) is 4.31 Å². The summed E-state index contributed by atoms with van der Waals surface area (Å²) in [5.41, 5.74) is -0.577. The molecule has 0 aromatic carbocycles. The second kappa shape index (κ2) is 2.35. The van der Waals surface area contributed by atoms with Crippen LogP contribution in [0.2, 0.25) is 0 Å². The zero-order valence-electron chi connectivity index (χ0n) is 7.36. The topological polar surface area (TPSA) is 54.5 Å². The van der Waals surface area contributed by atoms with E-state index < -0.39 is 15.6 Å². The van der Waals surface area contributed by atoms with Crippen LogP contribution in [0.5, 0.6) is 0 Å². The number of β-lactam (4-membered cyclic amide) rings is 1. The monoisotopic (exact) mass is 201 g/mol. The number of fused-ring (bicyclic) bond motifs is 1. The first kappa shape index (κ1) is 8.74. The molecule has 0 spiro atoms. The maximum absolute atomic E-state index is 11.5. The van der Waals surface area contributed by atoms with Gasteiger partial charge in [0.15, 0.2) is 0 Å². The number of hydrogen-bond donors (Lipinski definition) is 0. The quantitative estimate of drug-likeness (QED) is 0.417. The number of carbonyl (C=O) groups excluding carboxylic acids is 1. The molecule has 2 heterocycles. The molecule has 1 atom stereocenters. The second-order valence-electron chi connectivity index (χ2n) is 3.70. The highest BCUT2D eigenvalue weighted by atomic mass is 32.2. The van der Waals surface area contributed by atoms with Gasteiger partial charge in [0, 0.05) is 0 Å². The summed E-state index contributed by atoms with van der Waals surface area (Å²) in [6.07, 6.45) is 4.47. The van der Waals surface area contributed by atoms with Crippen molar-refractivity contribution in [1.29, 1.82) is 0 Å². The van der Waals surface area contributed by atoms with E-state index in [-0.39, 0.29) is 11.7 Å². The summed E-state index contributed by atoms with van der Waals surface area (Å²) in [5.74, 6) is -0.237. The van der Waals surface area contributed by atoms with E-state index in [0.29, 0.717) is 12.8 Å². The Kier molecular flexibility index (Phi) is 1.58. The first-order valence-corrected chi connectivity index (χ1v) is 5.80. The molecule has 72 valence electrons. The third-order valence-corrected chi connectivity index (χ3v) is 4.43. The van der Waals surface area contributed by atoms with Crippen LogP contribution in [0.1, 0.15) is 19.8 Å². The van der Waals surface area contributed by atoms with Crippen molar-refractivity contribution >= 4 is 15.9 Å². The summed E-state index contributed by atoms with van der Waals surface area (Å²) in [4.78, 5) is 11.2. The Labute approximate surface area is 77.3 Å². The van der Waals surface area contributed by atoms with Crippen LogP contribution in [-0.2, 0) is 14.8 Å². The van der Waals surface area contributed by atoms with Crippen LogP contribution >= 0.6 is 0 Å². The van der Waals surface area contributed by atoms with E-state index in [1.54, 1.807) is 6.92 Å². The van der Waals surface area contributed by atoms with Crippen molar-refractivity contribution in [3.8, 4) is 0 Å². The standard InChI is InChI=1S/C8H11NO3S/c1-8-4-2-3-5-13(11,12)9(8)7(10)6-8/h2,4H,3,5-6H2,1H3. The van der Waals surface area contributed by atoms with Gasteiger partial charge in [-0.2, -0.15) is 0 Å². The van der Waals surface area contributed by atoms with E-state index in [4.69, 9.17) is 0 Å². The molecule has 2 aliphatic rings. The minimum Gasteiger partial charge on any atom is -0.274 e. The molecule has 1 fully saturated rings. The molecular weight excluding hydrogens is 190 g/mol. The fourth-order valence-electron chi connectivity index (χ4n) is 1.89. The zero-order chi connectivity index (χ0) is 9.69. The van der Waals surface area contributed by atoms with Crippen molar-refractivity contribution in [2.24, 2.45) is 0 Å². The molecular formula is C8H11NO3S. The average molecular weight is 201 g/mol. The van der Waals surface area contributed by atoms with Gasteiger partial charge >= 0.3 is 0 Å². The first-order valence-electron chi connectivity index (χ1n) is 4.19. The number of nitrogens with zero attached hydrogens (tertiary/aromatic N) is 1. The Morgan fingerprint density at radius 2 is 2.23 bits per heavy atom. The van der Waals surface area contributed by atoms with Gasteiger partial charge in [-0.05, 0) is 13.3 Å². The lowest BCUT2D eigenvalue weighted by Crippen LogP contribution is -2.62. The maximum atomic E-state index is 11.5. The lowest BCUT2D eigenvalue weighted by molar-refractivity contribution is -0.140. The van der Waals surface area contributed by atoms with Crippen LogP contribution in [0, 0.1) is 0 Å². The van der Waals surface area contributed by atoms with Gasteiger partial charge in [-0.15, -0.1) is 0 Å². The van der Waals surface area contributed by atoms with E-state index in [1.165, 1.54) is 0 Å². The highest BCUT2D eigenvalue weighted by molar-refractivity contribution is 7.89. The molecule has 4 nitrogen and oxygen atoms in total. The summed E-state index contributed by atoms with van der Waals surface area (Å²) >= 11 is 0. The third kappa shape index (κ3) is 1.10. The molecule has 1 saturated heterocycles. The third-order valence-electron chi connectivity index (χ3n) is 2.50. The highest BCUT2D eigenvalue weighted by Crippen LogP contribution is 2.37. The van der Waals surface area contributed by atoms with Gasteiger partial charge in [0.05, 0.1) is 17.7 Å². The summed E-state index contributed by atoms with van der Waals surface area (Å²) < 4.78 is 24.1. The van der Waals surface area contributed by atoms with Crippen molar-refractivity contribution in [3.05, 3.63) is 12.2 Å². The normalized spacial score (nSPS) is 36.4. The van der Waals surface area contributed by atoms with Crippen molar-refractivity contribution in [3.63, 3.8) is 0 Å². The molecule has 2 rings (SSSR count). The Morgan fingerprint density at radius 3 is 2.85 bits per heavy atom. The fourth-order valence-corrected chi connectivity index (χ4v) is 3.64. The number of allylic oxidation sites excluding steroid dienone is 1. The van der Waals surface area contributed by atoms with Crippen LogP contribution in [-0.4, -0.2) is 29.9 Å². The number of carbonyl (C=O) groups is 1. The Bertz CT molecular complexity index is 384. The second-order valence-corrected chi connectivity index (χ2v) is 5.64. The molecule has 0 aliphatic carbocycles.